The number of carboxylic acids is 2. The molecule has 0 bridgehead atoms. The van der Waals surface area contributed by atoms with Gasteiger partial charge in [-0.15, -0.1) is 0 Å². The number of amides is 9. The predicted molar refractivity (Wildman–Crippen MR) is 237 cm³/mol. The molecule has 26 heteroatoms. The van der Waals surface area contributed by atoms with Crippen LogP contribution in [0.1, 0.15) is 56.6 Å². The number of carbonyl (C=O) groups excluding carboxylic acids is 9. The van der Waals surface area contributed by atoms with Crippen LogP contribution in [0.4, 0.5) is 0 Å². The van der Waals surface area contributed by atoms with Gasteiger partial charge in [0.05, 0.1) is 25.6 Å². The van der Waals surface area contributed by atoms with Crippen molar-refractivity contribution in [1.82, 2.24) is 36.8 Å². The topological polar surface area (TPSA) is 442 Å². The number of hydrogen-bond donors (Lipinski definition) is 14. The third-order valence-electron chi connectivity index (χ3n) is 10.7. The van der Waals surface area contributed by atoms with E-state index in [1.165, 1.54) is 24.3 Å². The number of benzene rings is 2. The number of rotatable bonds is 27. The van der Waals surface area contributed by atoms with Crippen LogP contribution < -0.4 is 49.1 Å². The average molecular weight is 971 g/mol. The Morgan fingerprint density at radius 2 is 1.19 bits per heavy atom. The van der Waals surface area contributed by atoms with Gasteiger partial charge in [-0.2, -0.15) is 0 Å². The molecule has 1 heterocycles. The van der Waals surface area contributed by atoms with Gasteiger partial charge in [-0.1, -0.05) is 42.5 Å². The monoisotopic (exact) mass is 970 g/mol. The van der Waals surface area contributed by atoms with Crippen molar-refractivity contribution >= 4 is 65.1 Å². The van der Waals surface area contributed by atoms with Gasteiger partial charge in [-0.25, -0.2) is 4.79 Å². The molecule has 376 valence electrons. The molecule has 2 aromatic carbocycles. The smallest absolute Gasteiger partial charge is 0.328 e. The minimum Gasteiger partial charge on any atom is -0.508 e. The highest BCUT2D eigenvalue weighted by atomic mass is 16.4. The van der Waals surface area contributed by atoms with Gasteiger partial charge in [-0.05, 0) is 49.4 Å². The summed E-state index contributed by atoms with van der Waals surface area (Å²) >= 11 is 0. The first-order valence-electron chi connectivity index (χ1n) is 21.5. The zero-order chi connectivity index (χ0) is 51.5. The molecule has 0 aliphatic carbocycles. The van der Waals surface area contributed by atoms with Crippen molar-refractivity contribution in [3.8, 4) is 5.75 Å². The van der Waals surface area contributed by atoms with E-state index in [-0.39, 0.29) is 38.0 Å². The van der Waals surface area contributed by atoms with E-state index in [0.29, 0.717) is 11.1 Å². The lowest BCUT2D eigenvalue weighted by molar-refractivity contribution is -0.146. The summed E-state index contributed by atoms with van der Waals surface area (Å²) in [6.07, 6.45) is -4.83. The van der Waals surface area contributed by atoms with E-state index < -0.39 is 152 Å². The number of aromatic hydroxyl groups is 1. The van der Waals surface area contributed by atoms with Crippen LogP contribution in [0.3, 0.4) is 0 Å². The summed E-state index contributed by atoms with van der Waals surface area (Å²) in [6.45, 7) is 0.177. The number of nitrogens with two attached hydrogens (primary N) is 3. The molecule has 26 nitrogen and oxygen atoms in total. The zero-order valence-corrected chi connectivity index (χ0v) is 37.4. The fourth-order valence-corrected chi connectivity index (χ4v) is 7.07. The Morgan fingerprint density at radius 1 is 0.667 bits per heavy atom. The largest absolute Gasteiger partial charge is 0.508 e. The van der Waals surface area contributed by atoms with Crippen molar-refractivity contribution in [3.63, 3.8) is 0 Å². The molecule has 0 spiro atoms. The maximum atomic E-state index is 14.5. The Hall–Kier alpha value is -7.71. The molecule has 3 rings (SSSR count). The van der Waals surface area contributed by atoms with Gasteiger partial charge in [0, 0.05) is 25.8 Å². The molecule has 9 atom stereocenters. The summed E-state index contributed by atoms with van der Waals surface area (Å²) in [5, 5.41) is 61.7. The second kappa shape index (κ2) is 26.6. The van der Waals surface area contributed by atoms with Gasteiger partial charge in [0.25, 0.3) is 0 Å². The first-order chi connectivity index (χ1) is 32.5. The van der Waals surface area contributed by atoms with E-state index in [0.717, 1.165) is 11.8 Å². The summed E-state index contributed by atoms with van der Waals surface area (Å²) in [5.41, 5.74) is 17.4. The van der Waals surface area contributed by atoms with E-state index >= 15 is 0 Å². The zero-order valence-electron chi connectivity index (χ0n) is 37.4. The third kappa shape index (κ3) is 17.8. The van der Waals surface area contributed by atoms with Gasteiger partial charge in [0.1, 0.15) is 48.0 Å². The second-order valence-electron chi connectivity index (χ2n) is 16.2. The molecule has 9 amide bonds. The van der Waals surface area contributed by atoms with Gasteiger partial charge in [0.15, 0.2) is 6.04 Å². The van der Waals surface area contributed by atoms with Crippen LogP contribution in [0.25, 0.3) is 0 Å². The van der Waals surface area contributed by atoms with Crippen molar-refractivity contribution < 1.29 is 78.3 Å². The Kier molecular flexibility index (Phi) is 21.4. The number of carboxylic acid groups (broad SMARTS) is 2. The summed E-state index contributed by atoms with van der Waals surface area (Å²) in [4.78, 5) is 144. The lowest BCUT2D eigenvalue weighted by Crippen LogP contribution is -2.61. The SMILES string of the molecule is C[C@@H](O)[C@H](NC(=O)[C@H](CC(=O)O)NC(=O)[C@H](CCC(N)=O)NC(=O)[C@@H]1CCCN1C(=O)[C@H](Cc1ccc(O)cc1)NC(=O)[C@H](CC(N)=O)NC(=O)[C@H](Cc1ccccc1)NC(=O)[C@@H](N)CO)C(=O)O. The molecule has 0 radical (unpaired) electrons. The number of nitrogens with one attached hydrogen (secondary N) is 6. The number of phenols is 1. The molecular formula is C43H58N10O16. The van der Waals surface area contributed by atoms with Crippen molar-refractivity contribution in [1.29, 1.82) is 0 Å². The number of carbonyl (C=O) groups is 11. The molecule has 2 aromatic rings. The number of aliphatic hydroxyl groups excluding tert-OH is 2. The molecular weight excluding hydrogens is 913 g/mol. The summed E-state index contributed by atoms with van der Waals surface area (Å²) < 4.78 is 0. The van der Waals surface area contributed by atoms with Gasteiger partial charge in [0.2, 0.25) is 53.2 Å². The number of likely N-dealkylation sites (tertiary alicyclic amines) is 1. The van der Waals surface area contributed by atoms with E-state index in [1.54, 1.807) is 30.3 Å². The predicted octanol–water partition coefficient (Wildman–Crippen LogP) is -5.52. The number of phenolic OH excluding ortho intramolecular Hbond substituents is 1. The lowest BCUT2D eigenvalue weighted by Gasteiger charge is -2.31. The van der Waals surface area contributed by atoms with E-state index in [1.807, 2.05) is 5.32 Å². The molecule has 0 saturated carbocycles. The normalized spacial score (nSPS) is 16.6. The fraction of sp³-hybridized carbons (Fsp3) is 0.465. The molecule has 0 aromatic heterocycles. The Morgan fingerprint density at radius 3 is 1.74 bits per heavy atom. The number of primary amides is 2. The van der Waals surface area contributed by atoms with Crippen LogP contribution in [-0.2, 0) is 65.6 Å². The van der Waals surface area contributed by atoms with Crippen molar-refractivity contribution in [2.45, 2.75) is 113 Å². The third-order valence-corrected chi connectivity index (χ3v) is 10.7. The number of hydrogen-bond acceptors (Lipinski definition) is 15. The summed E-state index contributed by atoms with van der Waals surface area (Å²) in [6, 6.07) is 0.675. The van der Waals surface area contributed by atoms with Crippen LogP contribution >= 0.6 is 0 Å². The molecule has 1 aliphatic heterocycles. The number of aliphatic hydroxyl groups is 2. The first-order valence-corrected chi connectivity index (χ1v) is 21.5. The molecule has 69 heavy (non-hydrogen) atoms. The molecule has 1 aliphatic rings. The fourth-order valence-electron chi connectivity index (χ4n) is 7.07. The highest BCUT2D eigenvalue weighted by Crippen LogP contribution is 2.21. The number of nitrogens with zero attached hydrogens (tertiary/aromatic N) is 1. The minimum atomic E-state index is -1.96. The second-order valence-corrected chi connectivity index (χ2v) is 16.2. The van der Waals surface area contributed by atoms with E-state index in [4.69, 9.17) is 17.2 Å². The van der Waals surface area contributed by atoms with Gasteiger partial charge in [-0.3, -0.25) is 47.9 Å². The molecule has 1 fully saturated rings. The Bertz CT molecular complexity index is 2200. The van der Waals surface area contributed by atoms with Crippen LogP contribution in [0.2, 0.25) is 0 Å². The maximum absolute atomic E-state index is 14.5. The maximum Gasteiger partial charge on any atom is 0.328 e. The number of aliphatic carboxylic acids is 2. The van der Waals surface area contributed by atoms with Crippen LogP contribution in [0.5, 0.6) is 5.75 Å². The molecule has 1 saturated heterocycles. The molecule has 17 N–H and O–H groups in total. The Labute approximate surface area is 394 Å². The lowest BCUT2D eigenvalue weighted by atomic mass is 10.0. The van der Waals surface area contributed by atoms with Crippen LogP contribution in [0, 0.1) is 0 Å². The van der Waals surface area contributed by atoms with E-state index in [2.05, 4.69) is 26.6 Å². The average Bonchev–Trinajstić information content (AvgIpc) is 3.79. The van der Waals surface area contributed by atoms with Crippen molar-refractivity contribution in [2.75, 3.05) is 13.2 Å². The summed E-state index contributed by atoms with van der Waals surface area (Å²) in [7, 11) is 0. The van der Waals surface area contributed by atoms with Crippen molar-refractivity contribution in [3.05, 3.63) is 65.7 Å². The van der Waals surface area contributed by atoms with Gasteiger partial charge < -0.3 is 79.5 Å². The highest BCUT2D eigenvalue weighted by molar-refractivity contribution is 5.99. The molecule has 0 unspecified atom stereocenters. The first kappa shape index (κ1) is 55.6. The Balaban J connectivity index is 1.93. The van der Waals surface area contributed by atoms with E-state index in [9.17, 15) is 78.3 Å². The quantitative estimate of drug-likeness (QED) is 0.0397. The van der Waals surface area contributed by atoms with Crippen LogP contribution in [-0.4, -0.2) is 163 Å². The summed E-state index contributed by atoms with van der Waals surface area (Å²) in [5.74, 6) is -12.8. The van der Waals surface area contributed by atoms with Gasteiger partial charge >= 0.3 is 11.9 Å². The minimum absolute atomic E-state index is 0.0175. The highest BCUT2D eigenvalue weighted by Gasteiger charge is 2.41. The van der Waals surface area contributed by atoms with Crippen molar-refractivity contribution in [2.24, 2.45) is 17.2 Å². The standard InChI is InChI=1S/C43H58N10O16/c1-21(55)35(43(68)69)52-40(65)29(19-34(59)60)50-37(62)26(13-14-32(45)57)47-41(66)31-8-5-15-53(31)42(67)30(17-23-9-11-24(56)12-10-23)51-39(64)28(18-33(46)58)49-38(63)27(48-36(61)25(44)20-54)16-22-6-3-2-4-7-22/h2-4,6-7,9-12,21,25-31,35,54-56H,5,8,13-20,44H2,1H3,(H2,45,57)(H2,46,58)(H,47,66)(H,48,61)(H,49,63)(H,50,62)(H,51,64)(H,52,65)(H,59,60)(H,68,69)/t21-,25+,26+,27+,28+,29+,30+,31+,35+/m1/s1. The van der Waals surface area contributed by atoms with Crippen LogP contribution in [0.15, 0.2) is 54.6 Å².